The van der Waals surface area contributed by atoms with Crippen LogP contribution in [0, 0.1) is 11.8 Å². The number of allylic oxidation sites excluding steroid dienone is 6. The summed E-state index contributed by atoms with van der Waals surface area (Å²) in [6, 6.07) is 101. The number of aromatic amines is 2. The number of rotatable bonds is 16. The minimum atomic E-state index is -0.604. The molecule has 4 aliphatic carbocycles. The molecule has 13 heterocycles. The molecule has 0 spiro atoms. The summed E-state index contributed by atoms with van der Waals surface area (Å²) in [4.78, 5) is 46.1. The van der Waals surface area contributed by atoms with E-state index < -0.39 is 12.1 Å². The first-order valence-electron chi connectivity index (χ1n) is 45.7. The summed E-state index contributed by atoms with van der Waals surface area (Å²) >= 11 is 0. The third kappa shape index (κ3) is 11.5. The van der Waals surface area contributed by atoms with Crippen LogP contribution in [0.1, 0.15) is 34.3 Å². The zero-order chi connectivity index (χ0) is 88.9. The van der Waals surface area contributed by atoms with Gasteiger partial charge in [0.2, 0.25) is 0 Å². The average molecular weight is 1760 g/mol. The van der Waals surface area contributed by atoms with Crippen molar-refractivity contribution in [3.05, 3.63) is 423 Å². The molecule has 12 aromatic carbocycles. The Kier molecular flexibility index (Phi) is 16.2. The second-order valence-corrected chi connectivity index (χ2v) is 35.3. The first-order chi connectivity index (χ1) is 67.4. The normalized spacial score (nSPS) is 15.8. The van der Waals surface area contributed by atoms with Crippen molar-refractivity contribution in [3.63, 3.8) is 0 Å². The minimum absolute atomic E-state index is 0.340. The lowest BCUT2D eigenvalue weighted by atomic mass is 9.77. The standard InChI is InChI=1S/C112H78N24/c1-17-41-81-65(25-1)49-57-129(81)121-97-73-33-9-10-34-74(73)98(122-130-58-50-66-26-2-18-42-82(66)130)90-89(97)105-113-106(90)118-108-93-94(102(126-134-62-54-70-30-6-22-46-86(70)134)78-38-14-13-37-77(78)101(93)125-133-61-53-69-29-5-21-45-85(69)133)110(115-108)120-112-96-95(103(127-135-63-55-71-31-7-23-47-87(71)135)79-39-15-16-40-80(79)104(96)128-136-64-56-72-32-8-24-48-88(72)136)111(116-112)119-109-92-91(107(114-109)117-105)99(123-131-59-51-67-27-3-19-43-83(67)131)75-35-11-12-36-76(75)100(92)124-132-60-52-68-28-4-20-44-84(68)132/h1-64,73,80,97,104,121-128H,(H2,113,114,115,116,117,118,119,120). The Bertz CT molecular complexity index is 8930. The van der Waals surface area contributed by atoms with Crippen LogP contribution >= 0.6 is 0 Å². The highest BCUT2D eigenvalue weighted by molar-refractivity contribution is 6.19. The molecule has 646 valence electrons. The van der Waals surface area contributed by atoms with E-state index in [0.29, 0.717) is 68.1 Å². The number of fused-ring (bicyclic) bond motifs is 32. The van der Waals surface area contributed by atoms with Crippen LogP contribution in [0.5, 0.6) is 0 Å². The summed E-state index contributed by atoms with van der Waals surface area (Å²) in [6.45, 7) is 0. The first-order valence-corrected chi connectivity index (χ1v) is 45.7. The summed E-state index contributed by atoms with van der Waals surface area (Å²) in [5, 5.41) is 12.0. The number of nitrogens with one attached hydrogen (secondary N) is 10. The van der Waals surface area contributed by atoms with Gasteiger partial charge in [0, 0.05) is 137 Å². The van der Waals surface area contributed by atoms with Crippen molar-refractivity contribution in [3.8, 4) is 45.6 Å². The fourth-order valence-electron chi connectivity index (χ4n) is 21.7. The summed E-state index contributed by atoms with van der Waals surface area (Å²) < 4.78 is 17.0. The van der Waals surface area contributed by atoms with Gasteiger partial charge in [-0.05, 0) is 108 Å². The molecule has 0 fully saturated rings. The van der Waals surface area contributed by atoms with Crippen molar-refractivity contribution in [1.29, 1.82) is 0 Å². The molecule has 29 rings (SSSR count). The molecule has 0 saturated carbocycles. The lowest BCUT2D eigenvalue weighted by Gasteiger charge is -2.36. The fraction of sp³-hybridized carbons (Fsp3) is 0.0357. The molecular formula is C112H78N24. The van der Waals surface area contributed by atoms with Crippen molar-refractivity contribution >= 4 is 166 Å². The Morgan fingerprint density at radius 2 is 0.456 bits per heavy atom. The van der Waals surface area contributed by atoms with Gasteiger partial charge in [0.1, 0.15) is 22.6 Å². The van der Waals surface area contributed by atoms with Gasteiger partial charge in [0.05, 0.1) is 124 Å². The first kappa shape index (κ1) is 75.0. The number of aromatic nitrogens is 16. The van der Waals surface area contributed by atoms with Gasteiger partial charge in [-0.15, -0.1) is 0 Å². The largest absolute Gasteiger partial charge is 0.324 e. The topological polar surface area (TPSA) is 245 Å². The molecule has 0 saturated heterocycles. The van der Waals surface area contributed by atoms with Gasteiger partial charge >= 0.3 is 0 Å². The van der Waals surface area contributed by atoms with E-state index in [1.54, 1.807) is 0 Å². The van der Waals surface area contributed by atoms with Crippen molar-refractivity contribution in [1.82, 2.24) is 77.3 Å². The molecule has 11 aromatic heterocycles. The number of hydrogen-bond donors (Lipinski definition) is 10. The minimum Gasteiger partial charge on any atom is -0.324 e. The van der Waals surface area contributed by atoms with Crippen molar-refractivity contribution < 1.29 is 0 Å². The third-order valence-electron chi connectivity index (χ3n) is 27.9. The number of anilines is 4. The van der Waals surface area contributed by atoms with Gasteiger partial charge in [-0.3, -0.25) is 70.0 Å². The van der Waals surface area contributed by atoms with Gasteiger partial charge in [0.25, 0.3) is 0 Å². The second kappa shape index (κ2) is 29.3. The molecule has 136 heavy (non-hydrogen) atoms. The highest BCUT2D eigenvalue weighted by atomic mass is 15.5. The Hall–Kier alpha value is -18.8. The molecule has 2 aliphatic heterocycles. The predicted molar refractivity (Wildman–Crippen MR) is 548 cm³/mol. The van der Waals surface area contributed by atoms with E-state index in [0.717, 1.165) is 176 Å². The summed E-state index contributed by atoms with van der Waals surface area (Å²) in [5.41, 5.74) is 54.8. The van der Waals surface area contributed by atoms with E-state index in [2.05, 4.69) is 480 Å². The molecule has 4 unspecified atom stereocenters. The quantitative estimate of drug-likeness (QED) is 0.0405. The fourth-order valence-corrected chi connectivity index (χ4v) is 21.7. The Labute approximate surface area is 773 Å². The van der Waals surface area contributed by atoms with Crippen molar-refractivity contribution in [2.75, 3.05) is 43.4 Å². The summed E-state index contributed by atoms with van der Waals surface area (Å²) in [5.74, 6) is 0.642. The molecule has 10 N–H and O–H groups in total. The van der Waals surface area contributed by atoms with Gasteiger partial charge in [0.15, 0.2) is 23.3 Å². The smallest absolute Gasteiger partial charge is 0.167 e. The number of para-hydroxylation sites is 8. The number of benzene rings is 12. The molecular weight excluding hydrogens is 1680 g/mol. The van der Waals surface area contributed by atoms with Crippen LogP contribution in [-0.4, -0.2) is 77.3 Å². The van der Waals surface area contributed by atoms with Gasteiger partial charge < -0.3 is 20.8 Å². The summed E-state index contributed by atoms with van der Waals surface area (Å²) in [6.07, 6.45) is 34.4. The summed E-state index contributed by atoms with van der Waals surface area (Å²) in [7, 11) is 0. The Morgan fingerprint density at radius 3 is 0.735 bits per heavy atom. The van der Waals surface area contributed by atoms with Crippen molar-refractivity contribution in [2.24, 2.45) is 11.8 Å². The third-order valence-corrected chi connectivity index (χ3v) is 27.9. The average Bonchev–Trinajstić information content (AvgIpc) is 1.54. The lowest BCUT2D eigenvalue weighted by Crippen LogP contribution is -2.33. The van der Waals surface area contributed by atoms with Gasteiger partial charge in [-0.2, -0.15) is 0 Å². The van der Waals surface area contributed by atoms with E-state index in [-0.39, 0.29) is 11.8 Å². The SMILES string of the molecule is C1=CC2=C(Nn3ccc4ccccc43)c3c(c4nc5nc(nc6[nH]c(nc7nc(nc3[nH]4)-c3c-7c(Nn4ccc7ccccc74)c4ccccc4c3Nn3ccc4ccccc43)c3c6C(Nn4ccc6ccccc64)=C4C=CC=CC4C3Nn3ccc4ccccc43)-c3c-5c(Nn4ccc5ccccc54)c4ccccc4c3Nn3ccc4ccccc43)C(Nn3ccc4ccccc43)C2C=C1. The van der Waals surface area contributed by atoms with Crippen LogP contribution in [0.25, 0.3) is 188 Å². The number of nitrogens with zero attached hydrogens (tertiary/aromatic N) is 14. The zero-order valence-corrected chi connectivity index (χ0v) is 72.5. The van der Waals surface area contributed by atoms with Crippen molar-refractivity contribution in [2.45, 2.75) is 12.1 Å². The monoisotopic (exact) mass is 1760 g/mol. The van der Waals surface area contributed by atoms with Crippen LogP contribution in [0.4, 0.5) is 22.7 Å². The Morgan fingerprint density at radius 1 is 0.221 bits per heavy atom. The number of hydrogen-bond acceptors (Lipinski definition) is 14. The van der Waals surface area contributed by atoms with Crippen LogP contribution in [0.3, 0.4) is 0 Å². The molecule has 8 bridgehead atoms. The van der Waals surface area contributed by atoms with E-state index >= 15 is 0 Å². The molecule has 24 nitrogen and oxygen atoms in total. The molecule has 24 heteroatoms. The lowest BCUT2D eigenvalue weighted by molar-refractivity contribution is 0.576. The second-order valence-electron chi connectivity index (χ2n) is 35.3. The van der Waals surface area contributed by atoms with E-state index in [1.807, 2.05) is 0 Å². The van der Waals surface area contributed by atoms with Crippen LogP contribution in [-0.2, 0) is 0 Å². The highest BCUT2D eigenvalue weighted by Gasteiger charge is 2.44. The Balaban J connectivity index is 0.822. The molecule has 0 radical (unpaired) electrons. The van der Waals surface area contributed by atoms with Crippen LogP contribution in [0.2, 0.25) is 0 Å². The maximum absolute atomic E-state index is 6.36. The van der Waals surface area contributed by atoms with Gasteiger partial charge in [-0.25, -0.2) is 29.9 Å². The number of H-pyrrole nitrogens is 2. The van der Waals surface area contributed by atoms with E-state index in [4.69, 9.17) is 29.9 Å². The maximum atomic E-state index is 6.36. The van der Waals surface area contributed by atoms with Crippen LogP contribution < -0.4 is 43.4 Å². The highest BCUT2D eigenvalue weighted by Crippen LogP contribution is 2.56. The molecule has 4 atom stereocenters. The molecule has 6 aliphatic rings. The van der Waals surface area contributed by atoms with E-state index in [1.165, 1.54) is 0 Å². The van der Waals surface area contributed by atoms with Crippen LogP contribution in [0.15, 0.2) is 401 Å². The van der Waals surface area contributed by atoms with Gasteiger partial charge in [-0.1, -0.05) is 243 Å². The molecule has 0 amide bonds. The zero-order valence-electron chi connectivity index (χ0n) is 72.5. The maximum Gasteiger partial charge on any atom is 0.167 e. The molecule has 23 aromatic rings. The van der Waals surface area contributed by atoms with E-state index in [9.17, 15) is 0 Å². The predicted octanol–water partition coefficient (Wildman–Crippen LogP) is 24.0.